The molecule has 220 valence electrons. The van der Waals surface area contributed by atoms with Crippen molar-refractivity contribution in [2.75, 3.05) is 0 Å². The van der Waals surface area contributed by atoms with Crippen LogP contribution in [0.25, 0.3) is 12.2 Å². The van der Waals surface area contributed by atoms with E-state index in [1.807, 2.05) is 85.8 Å². The molecule has 0 spiro atoms. The standard InChI is InChI=1S/C36H29NO5S2/c1-24-7-9-28(10-8-24)23-42-30-18-16-29(17-19-30)32(38)20-15-25-11-13-27(14-12-25)22-33-34(39)37(36(43)44-33)31(35(40)41)21-26-5-3-2-4-6-26/h2-20,22,31H,21,23H2,1H3,(H,40,41)/b20-15+,33-22-. The Kier molecular flexibility index (Phi) is 9.84. The van der Waals surface area contributed by atoms with Gasteiger partial charge >= 0.3 is 5.97 Å². The molecule has 0 saturated carbocycles. The number of carboxylic acid groups (broad SMARTS) is 1. The predicted octanol–water partition coefficient (Wildman–Crippen LogP) is 7.37. The highest BCUT2D eigenvalue weighted by molar-refractivity contribution is 8.26. The number of carboxylic acids is 1. The number of thioether (sulfide) groups is 1. The molecular weight excluding hydrogens is 591 g/mol. The maximum atomic E-state index is 13.2. The van der Waals surface area contributed by atoms with Gasteiger partial charge in [-0.2, -0.15) is 0 Å². The number of ketones is 1. The number of amides is 1. The molecule has 1 aliphatic rings. The minimum atomic E-state index is -1.11. The molecule has 5 rings (SSSR count). The number of carbonyl (C=O) groups excluding carboxylic acids is 2. The van der Waals surface area contributed by atoms with Crippen LogP contribution in [0.4, 0.5) is 0 Å². The number of nitrogens with zero attached hydrogens (tertiary/aromatic N) is 1. The van der Waals surface area contributed by atoms with Gasteiger partial charge < -0.3 is 9.84 Å². The van der Waals surface area contributed by atoms with Crippen LogP contribution >= 0.6 is 24.0 Å². The molecule has 0 bridgehead atoms. The number of hydrogen-bond donors (Lipinski definition) is 1. The highest BCUT2D eigenvalue weighted by Gasteiger charge is 2.40. The van der Waals surface area contributed by atoms with Gasteiger partial charge in [0.05, 0.1) is 4.91 Å². The van der Waals surface area contributed by atoms with Crippen LogP contribution in [0.15, 0.2) is 114 Å². The van der Waals surface area contributed by atoms with Crippen molar-refractivity contribution >= 4 is 58.1 Å². The van der Waals surface area contributed by atoms with Crippen LogP contribution in [-0.4, -0.2) is 38.0 Å². The summed E-state index contributed by atoms with van der Waals surface area (Å²) in [6.45, 7) is 2.49. The SMILES string of the molecule is Cc1ccc(COc2ccc(C(=O)/C=C/c3ccc(/C=C4\SC(=S)N(C(Cc5ccccc5)C(=O)O)C4=O)cc3)cc2)cc1. The molecule has 1 unspecified atom stereocenters. The van der Waals surface area contributed by atoms with Gasteiger partial charge in [0.1, 0.15) is 22.7 Å². The van der Waals surface area contributed by atoms with E-state index in [1.165, 1.54) is 16.5 Å². The Labute approximate surface area is 265 Å². The van der Waals surface area contributed by atoms with Gasteiger partial charge in [0.2, 0.25) is 0 Å². The third-order valence-corrected chi connectivity index (χ3v) is 8.35. The Morgan fingerprint density at radius 2 is 1.55 bits per heavy atom. The third-order valence-electron chi connectivity index (χ3n) is 7.02. The molecule has 1 N–H and O–H groups in total. The summed E-state index contributed by atoms with van der Waals surface area (Å²) >= 11 is 6.49. The number of rotatable bonds is 11. The molecule has 6 nitrogen and oxygen atoms in total. The van der Waals surface area contributed by atoms with Gasteiger partial charge in [-0.25, -0.2) is 4.79 Å². The van der Waals surface area contributed by atoms with Crippen LogP contribution in [0.1, 0.15) is 38.2 Å². The normalized spacial score (nSPS) is 14.8. The second kappa shape index (κ2) is 14.1. The number of hydrogen-bond acceptors (Lipinski definition) is 6. The number of ether oxygens (including phenoxy) is 1. The molecular formula is C36H29NO5S2. The van der Waals surface area contributed by atoms with E-state index < -0.39 is 17.9 Å². The first kappa shape index (κ1) is 30.7. The van der Waals surface area contributed by atoms with Crippen molar-refractivity contribution in [3.05, 3.63) is 147 Å². The molecule has 1 aliphatic heterocycles. The van der Waals surface area contributed by atoms with E-state index in [-0.39, 0.29) is 16.5 Å². The van der Waals surface area contributed by atoms with Gasteiger partial charge in [-0.1, -0.05) is 114 Å². The van der Waals surface area contributed by atoms with Crippen LogP contribution in [0, 0.1) is 6.92 Å². The van der Waals surface area contributed by atoms with Crippen molar-refractivity contribution in [3.63, 3.8) is 0 Å². The minimum absolute atomic E-state index is 0.133. The summed E-state index contributed by atoms with van der Waals surface area (Å²) in [5, 5.41) is 9.86. The van der Waals surface area contributed by atoms with E-state index in [0.717, 1.165) is 34.0 Å². The number of thiocarbonyl (C=S) groups is 1. The zero-order valence-corrected chi connectivity index (χ0v) is 25.5. The van der Waals surface area contributed by atoms with Gasteiger partial charge in [0.15, 0.2) is 5.78 Å². The first-order valence-corrected chi connectivity index (χ1v) is 15.1. The highest BCUT2D eigenvalue weighted by atomic mass is 32.2. The predicted molar refractivity (Wildman–Crippen MR) is 178 cm³/mol. The molecule has 1 amide bonds. The van der Waals surface area contributed by atoms with Crippen molar-refractivity contribution in [1.82, 2.24) is 4.90 Å². The van der Waals surface area contributed by atoms with Crippen molar-refractivity contribution in [2.45, 2.75) is 26.0 Å². The average Bonchev–Trinajstić information content (AvgIpc) is 3.31. The fourth-order valence-electron chi connectivity index (χ4n) is 4.56. The van der Waals surface area contributed by atoms with Crippen LogP contribution in [0.5, 0.6) is 5.75 Å². The zero-order chi connectivity index (χ0) is 31.1. The minimum Gasteiger partial charge on any atom is -0.489 e. The van der Waals surface area contributed by atoms with Crippen LogP contribution in [0.2, 0.25) is 0 Å². The smallest absolute Gasteiger partial charge is 0.327 e. The Morgan fingerprint density at radius 3 is 2.20 bits per heavy atom. The van der Waals surface area contributed by atoms with E-state index in [1.54, 1.807) is 36.4 Å². The van der Waals surface area contributed by atoms with Crippen LogP contribution < -0.4 is 4.74 Å². The molecule has 44 heavy (non-hydrogen) atoms. The summed E-state index contributed by atoms with van der Waals surface area (Å²) in [4.78, 5) is 39.5. The van der Waals surface area contributed by atoms with Crippen molar-refractivity contribution in [2.24, 2.45) is 0 Å². The molecule has 1 heterocycles. The fourth-order valence-corrected chi connectivity index (χ4v) is 5.92. The lowest BCUT2D eigenvalue weighted by Crippen LogP contribution is -2.45. The van der Waals surface area contributed by atoms with E-state index >= 15 is 0 Å². The summed E-state index contributed by atoms with van der Waals surface area (Å²) in [5.41, 5.74) is 5.20. The van der Waals surface area contributed by atoms with Gasteiger partial charge in [-0.3, -0.25) is 14.5 Å². The zero-order valence-electron chi connectivity index (χ0n) is 23.9. The largest absolute Gasteiger partial charge is 0.489 e. The average molecular weight is 620 g/mol. The lowest BCUT2D eigenvalue weighted by molar-refractivity contribution is -0.145. The first-order chi connectivity index (χ1) is 21.3. The van der Waals surface area contributed by atoms with Crippen molar-refractivity contribution < 1.29 is 24.2 Å². The molecule has 1 atom stereocenters. The van der Waals surface area contributed by atoms with E-state index in [2.05, 4.69) is 0 Å². The second-order valence-corrected chi connectivity index (χ2v) is 11.9. The van der Waals surface area contributed by atoms with Crippen molar-refractivity contribution in [3.8, 4) is 5.75 Å². The first-order valence-electron chi connectivity index (χ1n) is 13.9. The lowest BCUT2D eigenvalue weighted by Gasteiger charge is -2.23. The summed E-state index contributed by atoms with van der Waals surface area (Å²) in [5.74, 6) is -0.983. The van der Waals surface area contributed by atoms with Crippen LogP contribution in [0.3, 0.4) is 0 Å². The van der Waals surface area contributed by atoms with Crippen molar-refractivity contribution in [1.29, 1.82) is 0 Å². The van der Waals surface area contributed by atoms with E-state index in [9.17, 15) is 19.5 Å². The van der Waals surface area contributed by atoms with Crippen LogP contribution in [-0.2, 0) is 22.6 Å². The molecule has 4 aromatic carbocycles. The highest BCUT2D eigenvalue weighted by Crippen LogP contribution is 2.35. The monoisotopic (exact) mass is 619 g/mol. The number of allylic oxidation sites excluding steroid dienone is 1. The quantitative estimate of drug-likeness (QED) is 0.107. The number of aryl methyl sites for hydroxylation is 1. The Balaban J connectivity index is 1.19. The molecule has 0 aromatic heterocycles. The van der Waals surface area contributed by atoms with E-state index in [0.29, 0.717) is 22.8 Å². The van der Waals surface area contributed by atoms with Gasteiger partial charge in [-0.05, 0) is 65.6 Å². The Hall–Kier alpha value is -4.79. The molecule has 1 fully saturated rings. The Bertz CT molecular complexity index is 1730. The molecule has 0 aliphatic carbocycles. The maximum absolute atomic E-state index is 13.2. The molecule has 1 saturated heterocycles. The maximum Gasteiger partial charge on any atom is 0.327 e. The number of aliphatic carboxylic acids is 1. The topological polar surface area (TPSA) is 83.9 Å². The second-order valence-electron chi connectivity index (χ2n) is 10.3. The van der Waals surface area contributed by atoms with Gasteiger partial charge in [0, 0.05) is 12.0 Å². The summed E-state index contributed by atoms with van der Waals surface area (Å²) in [6.07, 6.45) is 5.10. The Morgan fingerprint density at radius 1 is 0.886 bits per heavy atom. The number of carbonyl (C=O) groups is 3. The molecule has 4 aromatic rings. The lowest BCUT2D eigenvalue weighted by atomic mass is 10.0. The summed E-state index contributed by atoms with van der Waals surface area (Å²) in [7, 11) is 0. The fraction of sp³-hybridized carbons (Fsp3) is 0.111. The van der Waals surface area contributed by atoms with Gasteiger partial charge in [0.25, 0.3) is 5.91 Å². The molecule has 8 heteroatoms. The summed E-state index contributed by atoms with van der Waals surface area (Å²) in [6, 6.07) is 30.6. The summed E-state index contributed by atoms with van der Waals surface area (Å²) < 4.78 is 6.04. The number of benzene rings is 4. The third kappa shape index (κ3) is 7.78. The molecule has 0 radical (unpaired) electrons. The van der Waals surface area contributed by atoms with E-state index in [4.69, 9.17) is 17.0 Å². The van der Waals surface area contributed by atoms with Gasteiger partial charge in [-0.15, -0.1) is 0 Å².